The first kappa shape index (κ1) is 18.4. The minimum atomic E-state index is -1.32. The molecule has 1 amide bonds. The summed E-state index contributed by atoms with van der Waals surface area (Å²) in [6, 6.07) is 9.81. The minimum Gasteiger partial charge on any atom is -0.380 e. The molecule has 0 saturated heterocycles. The van der Waals surface area contributed by atoms with Crippen molar-refractivity contribution < 1.29 is 9.90 Å². The Balaban J connectivity index is 2.87. The van der Waals surface area contributed by atoms with Crippen molar-refractivity contribution in [1.29, 1.82) is 0 Å². The molecule has 0 bridgehead atoms. The summed E-state index contributed by atoms with van der Waals surface area (Å²) in [5, 5.41) is 14.8. The molecule has 0 spiro atoms. The summed E-state index contributed by atoms with van der Waals surface area (Å²) in [5.41, 5.74) is 3.10. The number of carbonyl (C=O) groups excluding carboxylic acids is 1. The molecule has 0 aliphatic heterocycles. The molecule has 0 aliphatic rings. The molecule has 1 rings (SSSR count). The molecule has 4 heteroatoms. The number of hydrogen-bond acceptors (Lipinski definition) is 3. The highest BCUT2D eigenvalue weighted by atomic mass is 16.3. The maximum Gasteiger partial charge on any atom is 0.271 e. The summed E-state index contributed by atoms with van der Waals surface area (Å²) >= 11 is 0. The number of carbonyl (C=O) groups is 1. The number of nitrogens with zero attached hydrogens (tertiary/aromatic N) is 1. The van der Waals surface area contributed by atoms with Crippen LogP contribution in [0.3, 0.4) is 0 Å². The lowest BCUT2D eigenvalue weighted by atomic mass is 9.92. The van der Waals surface area contributed by atoms with Crippen LogP contribution >= 0.6 is 0 Å². The van der Waals surface area contributed by atoms with E-state index in [9.17, 15) is 9.90 Å². The van der Waals surface area contributed by atoms with E-state index in [1.807, 2.05) is 44.2 Å². The van der Waals surface area contributed by atoms with Crippen molar-refractivity contribution in [1.82, 2.24) is 5.43 Å². The predicted molar refractivity (Wildman–Crippen MR) is 90.8 cm³/mol. The molecular formula is C18H28N2O2. The highest BCUT2D eigenvalue weighted by Crippen LogP contribution is 2.19. The van der Waals surface area contributed by atoms with Crippen molar-refractivity contribution in [2.24, 2.45) is 5.10 Å². The van der Waals surface area contributed by atoms with Crippen LogP contribution in [-0.4, -0.2) is 22.3 Å². The molecule has 0 unspecified atom stereocenters. The number of aliphatic hydroxyl groups is 1. The predicted octanol–water partition coefficient (Wildman–Crippen LogP) is 3.64. The van der Waals surface area contributed by atoms with Gasteiger partial charge in [0.1, 0.15) is 5.60 Å². The van der Waals surface area contributed by atoms with Crippen LogP contribution in [0.4, 0.5) is 0 Å². The standard InChI is InChI=1S/C18H28N2O2/c1-4-10-16(15-11-8-7-9-12-15)19-20-17(21)18(22,13-5-2)14-6-3/h7-9,11-12,22H,4-6,10,13-14H2,1-3H3,(H,20,21). The third-order valence-corrected chi connectivity index (χ3v) is 3.64. The van der Waals surface area contributed by atoms with Gasteiger partial charge >= 0.3 is 0 Å². The zero-order valence-electron chi connectivity index (χ0n) is 13.9. The molecule has 22 heavy (non-hydrogen) atoms. The van der Waals surface area contributed by atoms with Crippen LogP contribution in [-0.2, 0) is 4.79 Å². The number of nitrogens with one attached hydrogen (secondary N) is 1. The minimum absolute atomic E-state index is 0.402. The molecule has 1 aromatic carbocycles. The van der Waals surface area contributed by atoms with Crippen LogP contribution in [0.2, 0.25) is 0 Å². The Hall–Kier alpha value is -1.68. The van der Waals surface area contributed by atoms with E-state index in [1.54, 1.807) is 0 Å². The Bertz CT molecular complexity index is 477. The van der Waals surface area contributed by atoms with E-state index in [0.717, 1.165) is 37.0 Å². The Morgan fingerprint density at radius 3 is 2.18 bits per heavy atom. The summed E-state index contributed by atoms with van der Waals surface area (Å²) in [4.78, 5) is 12.3. The fourth-order valence-electron chi connectivity index (χ4n) is 2.53. The molecule has 122 valence electrons. The smallest absolute Gasteiger partial charge is 0.271 e. The van der Waals surface area contributed by atoms with Crippen molar-refractivity contribution in [3.05, 3.63) is 35.9 Å². The van der Waals surface area contributed by atoms with Crippen molar-refractivity contribution in [3.8, 4) is 0 Å². The van der Waals surface area contributed by atoms with Gasteiger partial charge in [-0.05, 0) is 24.8 Å². The molecule has 0 saturated carbocycles. The average molecular weight is 304 g/mol. The molecule has 0 aliphatic carbocycles. The first-order valence-corrected chi connectivity index (χ1v) is 8.22. The van der Waals surface area contributed by atoms with Gasteiger partial charge in [0.15, 0.2) is 0 Å². The molecule has 0 aromatic heterocycles. The first-order valence-electron chi connectivity index (χ1n) is 8.22. The van der Waals surface area contributed by atoms with Gasteiger partial charge in [-0.3, -0.25) is 4.79 Å². The van der Waals surface area contributed by atoms with Gasteiger partial charge in [-0.15, -0.1) is 0 Å². The van der Waals surface area contributed by atoms with E-state index in [0.29, 0.717) is 12.8 Å². The second-order valence-electron chi connectivity index (χ2n) is 5.65. The Labute approximate surface area is 133 Å². The highest BCUT2D eigenvalue weighted by molar-refractivity contribution is 6.01. The average Bonchev–Trinajstić information content (AvgIpc) is 2.52. The van der Waals surface area contributed by atoms with Crippen LogP contribution < -0.4 is 5.43 Å². The number of hydrogen-bond donors (Lipinski definition) is 2. The van der Waals surface area contributed by atoms with Gasteiger partial charge in [-0.25, -0.2) is 5.43 Å². The monoisotopic (exact) mass is 304 g/mol. The van der Waals surface area contributed by atoms with Crippen LogP contribution in [0.1, 0.15) is 64.9 Å². The van der Waals surface area contributed by atoms with Crippen LogP contribution in [0.5, 0.6) is 0 Å². The van der Waals surface area contributed by atoms with E-state index >= 15 is 0 Å². The zero-order chi connectivity index (χ0) is 16.4. The molecule has 0 fully saturated rings. The normalized spacial score (nSPS) is 12.3. The second-order valence-corrected chi connectivity index (χ2v) is 5.65. The van der Waals surface area contributed by atoms with Gasteiger partial charge in [-0.1, -0.05) is 70.4 Å². The number of rotatable bonds is 9. The van der Waals surface area contributed by atoms with Gasteiger partial charge in [0, 0.05) is 0 Å². The maximum absolute atomic E-state index is 12.3. The molecule has 4 nitrogen and oxygen atoms in total. The highest BCUT2D eigenvalue weighted by Gasteiger charge is 2.33. The third kappa shape index (κ3) is 5.26. The van der Waals surface area contributed by atoms with Gasteiger partial charge in [0.05, 0.1) is 5.71 Å². The van der Waals surface area contributed by atoms with E-state index in [1.165, 1.54) is 0 Å². The fraction of sp³-hybridized carbons (Fsp3) is 0.556. The summed E-state index contributed by atoms with van der Waals surface area (Å²) in [5.74, 6) is -0.402. The molecular weight excluding hydrogens is 276 g/mol. The van der Waals surface area contributed by atoms with E-state index in [-0.39, 0.29) is 0 Å². The summed E-state index contributed by atoms with van der Waals surface area (Å²) in [7, 11) is 0. The zero-order valence-corrected chi connectivity index (χ0v) is 13.9. The van der Waals surface area contributed by atoms with E-state index < -0.39 is 11.5 Å². The second kappa shape index (κ2) is 9.36. The molecule has 2 N–H and O–H groups in total. The van der Waals surface area contributed by atoms with E-state index in [2.05, 4.69) is 17.5 Å². The first-order chi connectivity index (χ1) is 10.6. The van der Waals surface area contributed by atoms with Gasteiger partial charge in [0.25, 0.3) is 5.91 Å². The molecule has 1 aromatic rings. The fourth-order valence-corrected chi connectivity index (χ4v) is 2.53. The van der Waals surface area contributed by atoms with Gasteiger partial charge in [-0.2, -0.15) is 5.10 Å². The maximum atomic E-state index is 12.3. The van der Waals surface area contributed by atoms with Crippen molar-refractivity contribution in [2.75, 3.05) is 0 Å². The Kier molecular flexibility index (Phi) is 7.82. The summed E-state index contributed by atoms with van der Waals surface area (Å²) < 4.78 is 0. The lowest BCUT2D eigenvalue weighted by Gasteiger charge is -2.25. The lowest BCUT2D eigenvalue weighted by molar-refractivity contribution is -0.141. The van der Waals surface area contributed by atoms with Crippen molar-refractivity contribution in [2.45, 2.75) is 64.9 Å². The molecule has 0 atom stereocenters. The lowest BCUT2D eigenvalue weighted by Crippen LogP contribution is -2.45. The summed E-state index contributed by atoms with van der Waals surface area (Å²) in [6.45, 7) is 6.00. The Morgan fingerprint density at radius 1 is 1.09 bits per heavy atom. The largest absolute Gasteiger partial charge is 0.380 e. The summed E-state index contributed by atoms with van der Waals surface area (Å²) in [6.07, 6.45) is 4.15. The van der Waals surface area contributed by atoms with Crippen molar-refractivity contribution in [3.63, 3.8) is 0 Å². The van der Waals surface area contributed by atoms with E-state index in [4.69, 9.17) is 0 Å². The van der Waals surface area contributed by atoms with Gasteiger partial charge < -0.3 is 5.11 Å². The topological polar surface area (TPSA) is 61.7 Å². The SMILES string of the molecule is CCCC(=NNC(=O)C(O)(CCC)CCC)c1ccccc1. The Morgan fingerprint density at radius 2 is 1.68 bits per heavy atom. The molecule has 0 heterocycles. The number of benzene rings is 1. The van der Waals surface area contributed by atoms with Crippen LogP contribution in [0, 0.1) is 0 Å². The quantitative estimate of drug-likeness (QED) is 0.540. The van der Waals surface area contributed by atoms with Crippen LogP contribution in [0.25, 0.3) is 0 Å². The molecule has 0 radical (unpaired) electrons. The third-order valence-electron chi connectivity index (χ3n) is 3.64. The number of amides is 1. The van der Waals surface area contributed by atoms with Crippen LogP contribution in [0.15, 0.2) is 35.4 Å². The van der Waals surface area contributed by atoms with Gasteiger partial charge in [0.2, 0.25) is 0 Å². The number of hydrazone groups is 1. The van der Waals surface area contributed by atoms with Crippen molar-refractivity contribution >= 4 is 11.6 Å².